The number of phosphoric acid groups is 3. The summed E-state index contributed by atoms with van der Waals surface area (Å²) >= 11 is 0. The third-order valence-electron chi connectivity index (χ3n) is 2.08. The molecule has 19 nitrogen and oxygen atoms in total. The number of aldehydes is 1. The Balaban J connectivity index is -0.000000413. The van der Waals surface area contributed by atoms with Crippen molar-refractivity contribution in [1.82, 2.24) is 0 Å². The second-order valence-electron chi connectivity index (χ2n) is 4.99. The van der Waals surface area contributed by atoms with E-state index in [9.17, 15) is 28.1 Å². The molecular formula is C10H23O19P3. The van der Waals surface area contributed by atoms with E-state index in [-0.39, 0.29) is 6.29 Å². The molecule has 0 rings (SSSR count). The normalized spacial score (nSPS) is 14.5. The number of hydrogen-bond donors (Lipinski definition) is 10. The fourth-order valence-corrected chi connectivity index (χ4v) is 1.98. The highest BCUT2D eigenvalue weighted by molar-refractivity contribution is 7.47. The quantitative estimate of drug-likeness (QED) is 0.0874. The second kappa shape index (κ2) is 16.6. The van der Waals surface area contributed by atoms with Gasteiger partial charge in [0.2, 0.25) is 0 Å². The van der Waals surface area contributed by atoms with Gasteiger partial charge in [0.05, 0.1) is 13.2 Å². The molecule has 32 heavy (non-hydrogen) atoms. The Kier molecular flexibility index (Phi) is 18.5. The molecular weight excluding hydrogens is 517 g/mol. The monoisotopic (exact) mass is 540 g/mol. The van der Waals surface area contributed by atoms with Gasteiger partial charge in [-0.05, 0) is 0 Å². The van der Waals surface area contributed by atoms with Crippen LogP contribution in [0, 0.1) is 0 Å². The molecule has 0 amide bonds. The van der Waals surface area contributed by atoms with E-state index >= 15 is 0 Å². The summed E-state index contributed by atoms with van der Waals surface area (Å²) in [6.45, 7) is -1.65. The number of carbonyl (C=O) groups excluding carboxylic acids is 3. The fraction of sp³-hybridized carbons (Fsp3) is 0.700. The number of aliphatic hydroxyl groups excluding tert-OH is 4. The van der Waals surface area contributed by atoms with Crippen molar-refractivity contribution in [2.75, 3.05) is 19.8 Å². The van der Waals surface area contributed by atoms with Crippen LogP contribution < -0.4 is 0 Å². The van der Waals surface area contributed by atoms with Crippen LogP contribution in [0.4, 0.5) is 0 Å². The second-order valence-corrected chi connectivity index (χ2v) is 8.63. The predicted molar refractivity (Wildman–Crippen MR) is 96.0 cm³/mol. The molecule has 3 unspecified atom stereocenters. The third kappa shape index (κ3) is 29.0. The number of aliphatic hydroxyl groups is 4. The van der Waals surface area contributed by atoms with Gasteiger partial charge < -0.3 is 49.3 Å². The van der Waals surface area contributed by atoms with Crippen LogP contribution in [0.3, 0.4) is 0 Å². The average Bonchev–Trinajstić information content (AvgIpc) is 2.60. The summed E-state index contributed by atoms with van der Waals surface area (Å²) < 4.78 is 40.8. The molecule has 3 atom stereocenters. The van der Waals surface area contributed by atoms with Gasteiger partial charge in [-0.15, -0.1) is 0 Å². The van der Waals surface area contributed by atoms with Crippen LogP contribution in [0.15, 0.2) is 0 Å². The van der Waals surface area contributed by atoms with Gasteiger partial charge in [-0.2, -0.15) is 0 Å². The van der Waals surface area contributed by atoms with E-state index in [0.717, 1.165) is 6.92 Å². The first-order chi connectivity index (χ1) is 14.1. The highest BCUT2D eigenvalue weighted by atomic mass is 31.2. The van der Waals surface area contributed by atoms with Crippen molar-refractivity contribution in [2.45, 2.75) is 25.2 Å². The molecule has 0 aliphatic heterocycles. The molecule has 0 heterocycles. The van der Waals surface area contributed by atoms with Gasteiger partial charge in [-0.1, -0.05) is 0 Å². The Bertz CT molecular complexity index is 704. The zero-order valence-corrected chi connectivity index (χ0v) is 18.6. The zero-order valence-electron chi connectivity index (χ0n) is 15.9. The molecule has 0 saturated heterocycles. The molecule has 0 aromatic rings. The first-order valence-corrected chi connectivity index (χ1v) is 12.0. The Labute approximate surface area is 178 Å². The van der Waals surface area contributed by atoms with Gasteiger partial charge in [0, 0.05) is 6.92 Å². The molecule has 0 aliphatic rings. The van der Waals surface area contributed by atoms with E-state index in [0.29, 0.717) is 0 Å². The van der Waals surface area contributed by atoms with Crippen LogP contribution in [-0.2, 0) is 41.6 Å². The Morgan fingerprint density at radius 2 is 1.25 bits per heavy atom. The number of Topliss-reactive ketones (excluding diaryl/α,β-unsaturated/α-hetero) is 1. The average molecular weight is 540 g/mol. The maximum absolute atomic E-state index is 10.6. The largest absolute Gasteiger partial charge is 0.526 e. The molecule has 0 fully saturated rings. The van der Waals surface area contributed by atoms with Crippen LogP contribution in [0.2, 0.25) is 0 Å². The molecule has 0 aliphatic carbocycles. The van der Waals surface area contributed by atoms with Crippen molar-refractivity contribution < 1.29 is 91.4 Å². The summed E-state index contributed by atoms with van der Waals surface area (Å²) in [7, 11) is -13.9. The highest BCUT2D eigenvalue weighted by Gasteiger charge is 2.26. The van der Waals surface area contributed by atoms with Gasteiger partial charge in [0.25, 0.3) is 0 Å². The lowest BCUT2D eigenvalue weighted by Crippen LogP contribution is -2.38. The minimum atomic E-state index is -4.74. The number of rotatable bonds is 11. The molecule has 0 spiro atoms. The van der Waals surface area contributed by atoms with E-state index in [2.05, 4.69) is 13.6 Å². The standard InChI is InChI=1S/C5H11O8P.C3H7O6P.C2H5O5P/c6-1-3(7)5(9)4(8)2-13-14(10,11)12;4-1-3(5)2-9-10(6,7)8;1-2(3)7-8(4,5)6/h4-6,8-9H,1-2H2,(H2,10,11,12);1,3,5H,2H2,(H2,6,7,8);1H3,(H2,4,5,6). The Hall–Kier alpha value is -0.980. The smallest absolute Gasteiger partial charge is 0.388 e. The minimum Gasteiger partial charge on any atom is -0.388 e. The Morgan fingerprint density at radius 3 is 1.50 bits per heavy atom. The number of hydrogen-bond acceptors (Lipinski definition) is 13. The lowest BCUT2D eigenvalue weighted by atomic mass is 10.1. The minimum absolute atomic E-state index is 0.121. The van der Waals surface area contributed by atoms with Crippen molar-refractivity contribution in [3.05, 3.63) is 0 Å². The molecule has 0 saturated carbocycles. The number of phosphoric ester groups is 3. The number of carbonyl (C=O) groups is 3. The summed E-state index contributed by atoms with van der Waals surface area (Å²) in [5.41, 5.74) is 0. The lowest BCUT2D eigenvalue weighted by molar-refractivity contribution is -0.137. The highest BCUT2D eigenvalue weighted by Crippen LogP contribution is 2.36. The molecule has 192 valence electrons. The van der Waals surface area contributed by atoms with Crippen molar-refractivity contribution >= 4 is 41.5 Å². The predicted octanol–water partition coefficient (Wildman–Crippen LogP) is -4.32. The SMILES string of the molecule is CC(=O)OP(=O)(O)O.O=C(CO)C(O)C(O)COP(=O)(O)O.O=CC(O)COP(=O)(O)O. The van der Waals surface area contributed by atoms with Crippen molar-refractivity contribution in [2.24, 2.45) is 0 Å². The van der Waals surface area contributed by atoms with Crippen LogP contribution in [0.25, 0.3) is 0 Å². The maximum Gasteiger partial charge on any atom is 0.526 e. The Morgan fingerprint density at radius 1 is 0.844 bits per heavy atom. The third-order valence-corrected chi connectivity index (χ3v) is 3.55. The summed E-state index contributed by atoms with van der Waals surface area (Å²) in [6, 6.07) is 0. The summed E-state index contributed by atoms with van der Waals surface area (Å²) in [5.74, 6) is -2.05. The van der Waals surface area contributed by atoms with Crippen LogP contribution in [0.5, 0.6) is 0 Å². The van der Waals surface area contributed by atoms with Gasteiger partial charge in [0.15, 0.2) is 12.1 Å². The van der Waals surface area contributed by atoms with Gasteiger partial charge in [-0.3, -0.25) is 28.4 Å². The first-order valence-electron chi connectivity index (χ1n) is 7.44. The molecule has 0 aromatic heterocycles. The molecule has 22 heteroatoms. The van der Waals surface area contributed by atoms with E-state index in [1.54, 1.807) is 0 Å². The van der Waals surface area contributed by atoms with Crippen LogP contribution in [0.1, 0.15) is 6.92 Å². The van der Waals surface area contributed by atoms with Crippen molar-refractivity contribution in [3.63, 3.8) is 0 Å². The van der Waals surface area contributed by atoms with Crippen molar-refractivity contribution in [1.29, 1.82) is 0 Å². The first kappa shape index (κ1) is 35.6. The van der Waals surface area contributed by atoms with E-state index in [4.69, 9.17) is 49.8 Å². The summed E-state index contributed by atoms with van der Waals surface area (Å²) in [4.78, 5) is 78.1. The summed E-state index contributed by atoms with van der Waals surface area (Å²) in [5, 5.41) is 34.5. The van der Waals surface area contributed by atoms with Crippen LogP contribution in [-0.4, -0.2) is 106 Å². The van der Waals surface area contributed by atoms with Gasteiger partial charge in [0.1, 0.15) is 24.9 Å². The van der Waals surface area contributed by atoms with Gasteiger partial charge >= 0.3 is 29.4 Å². The van der Waals surface area contributed by atoms with Gasteiger partial charge in [-0.25, -0.2) is 13.7 Å². The van der Waals surface area contributed by atoms with Crippen molar-refractivity contribution in [3.8, 4) is 0 Å². The molecule has 10 N–H and O–H groups in total. The topological polar surface area (TPSA) is 332 Å². The van der Waals surface area contributed by atoms with E-state index in [1.165, 1.54) is 0 Å². The van der Waals surface area contributed by atoms with E-state index in [1.807, 2.05) is 0 Å². The molecule has 0 aromatic carbocycles. The molecule has 0 bridgehead atoms. The number of ketones is 1. The fourth-order valence-electron chi connectivity index (χ4n) is 0.953. The summed E-state index contributed by atoms with van der Waals surface area (Å²) in [6.07, 6.45) is -5.07. The maximum atomic E-state index is 10.6. The molecule has 0 radical (unpaired) electrons. The lowest BCUT2D eigenvalue weighted by Gasteiger charge is -2.15. The van der Waals surface area contributed by atoms with Crippen LogP contribution >= 0.6 is 23.5 Å². The van der Waals surface area contributed by atoms with E-state index < -0.39 is 73.4 Å². The zero-order chi connectivity index (χ0) is 26.3.